The van der Waals surface area contributed by atoms with Crippen LogP contribution in [-0.2, 0) is 11.3 Å². The highest BCUT2D eigenvalue weighted by Crippen LogP contribution is 2.16. The predicted octanol–water partition coefficient (Wildman–Crippen LogP) is 1.36. The summed E-state index contributed by atoms with van der Waals surface area (Å²) in [7, 11) is 0. The minimum atomic E-state index is -0.351. The van der Waals surface area contributed by atoms with Crippen LogP contribution in [0.25, 0.3) is 0 Å². The number of rotatable bonds is 6. The summed E-state index contributed by atoms with van der Waals surface area (Å²) in [5, 5.41) is 5.19. The first-order chi connectivity index (χ1) is 8.25. The average Bonchev–Trinajstić information content (AvgIpc) is 2.96. The Morgan fingerprint density at radius 1 is 1.65 bits per heavy atom. The van der Waals surface area contributed by atoms with Crippen molar-refractivity contribution in [1.82, 2.24) is 5.32 Å². The summed E-state index contributed by atoms with van der Waals surface area (Å²) < 4.78 is 5.33. The maximum Gasteiger partial charge on any atom is 0.249 e. The van der Waals surface area contributed by atoms with Crippen LogP contribution < -0.4 is 11.1 Å². The topological polar surface area (TPSA) is 64.4 Å². The van der Waals surface area contributed by atoms with E-state index >= 15 is 0 Å². The number of thiophene rings is 1. The maximum absolute atomic E-state index is 10.9. The number of nitrogens with one attached hydrogen (secondary N) is 1. The highest BCUT2D eigenvalue weighted by Gasteiger charge is 2.14. The van der Waals surface area contributed by atoms with Crippen molar-refractivity contribution >= 4 is 17.2 Å². The van der Waals surface area contributed by atoms with Crippen LogP contribution in [0, 0.1) is 5.92 Å². The molecule has 17 heavy (non-hydrogen) atoms. The van der Waals surface area contributed by atoms with Crippen molar-refractivity contribution in [2.24, 2.45) is 11.7 Å². The molecule has 1 aromatic heterocycles. The summed E-state index contributed by atoms with van der Waals surface area (Å²) in [4.78, 5) is 12.1. The number of hydrogen-bond acceptors (Lipinski definition) is 4. The molecular weight excluding hydrogens is 236 g/mol. The Labute approximate surface area is 105 Å². The van der Waals surface area contributed by atoms with Gasteiger partial charge in [0.25, 0.3) is 0 Å². The van der Waals surface area contributed by atoms with Crippen molar-refractivity contribution in [3.05, 3.63) is 21.9 Å². The number of hydrogen-bond donors (Lipinski definition) is 2. The first kappa shape index (κ1) is 12.5. The highest BCUT2D eigenvalue weighted by molar-refractivity contribution is 7.10. The standard InChI is InChI=1S/C12H18N2O2S/c13-12(15)10-5-11(17-8-10)6-14-3-1-9-2-4-16-7-9/h5,8-9,14H,1-4,6-7H2,(H2,13,15). The summed E-state index contributed by atoms with van der Waals surface area (Å²) >= 11 is 1.57. The number of nitrogens with two attached hydrogens (primary N) is 1. The molecule has 5 heteroatoms. The molecule has 94 valence electrons. The largest absolute Gasteiger partial charge is 0.381 e. The lowest BCUT2D eigenvalue weighted by molar-refractivity contribution is 0.100. The SMILES string of the molecule is NC(=O)c1csc(CNCCC2CCOC2)c1. The van der Waals surface area contributed by atoms with Crippen molar-refractivity contribution in [2.45, 2.75) is 19.4 Å². The third kappa shape index (κ3) is 3.80. The minimum absolute atomic E-state index is 0.351. The number of amides is 1. The molecule has 1 amide bonds. The van der Waals surface area contributed by atoms with Crippen molar-refractivity contribution in [3.8, 4) is 0 Å². The predicted molar refractivity (Wildman–Crippen MR) is 68.1 cm³/mol. The van der Waals surface area contributed by atoms with Crippen molar-refractivity contribution in [2.75, 3.05) is 19.8 Å². The fourth-order valence-corrected chi connectivity index (χ4v) is 2.77. The molecule has 0 aliphatic carbocycles. The second kappa shape index (κ2) is 6.14. The summed E-state index contributed by atoms with van der Waals surface area (Å²) in [5.74, 6) is 0.364. The fraction of sp³-hybridized carbons (Fsp3) is 0.583. The van der Waals surface area contributed by atoms with Crippen LogP contribution in [0.3, 0.4) is 0 Å². The van der Waals surface area contributed by atoms with Gasteiger partial charge in [-0.1, -0.05) is 0 Å². The van der Waals surface area contributed by atoms with E-state index in [1.54, 1.807) is 11.3 Å². The quantitative estimate of drug-likeness (QED) is 0.753. The zero-order valence-electron chi connectivity index (χ0n) is 9.78. The van der Waals surface area contributed by atoms with E-state index in [1.807, 2.05) is 11.4 Å². The Bertz CT molecular complexity index is 372. The van der Waals surface area contributed by atoms with Gasteiger partial charge in [-0.2, -0.15) is 0 Å². The molecule has 4 nitrogen and oxygen atoms in total. The van der Waals surface area contributed by atoms with Gasteiger partial charge in [-0.05, 0) is 31.4 Å². The molecule has 3 N–H and O–H groups in total. The normalized spacial score (nSPS) is 19.6. The molecule has 1 unspecified atom stereocenters. The molecule has 0 aromatic carbocycles. The molecule has 1 fully saturated rings. The van der Waals surface area contributed by atoms with E-state index in [9.17, 15) is 4.79 Å². The van der Waals surface area contributed by atoms with E-state index in [-0.39, 0.29) is 5.91 Å². The van der Waals surface area contributed by atoms with Gasteiger partial charge in [-0.15, -0.1) is 11.3 Å². The molecule has 0 bridgehead atoms. The van der Waals surface area contributed by atoms with Gasteiger partial charge < -0.3 is 15.8 Å². The zero-order valence-corrected chi connectivity index (χ0v) is 10.6. The van der Waals surface area contributed by atoms with Crippen LogP contribution in [0.1, 0.15) is 28.1 Å². The Balaban J connectivity index is 1.65. The van der Waals surface area contributed by atoms with Crippen LogP contribution in [-0.4, -0.2) is 25.7 Å². The smallest absolute Gasteiger partial charge is 0.249 e. The lowest BCUT2D eigenvalue weighted by atomic mass is 10.1. The summed E-state index contributed by atoms with van der Waals surface area (Å²) in [6.07, 6.45) is 2.35. The van der Waals surface area contributed by atoms with E-state index in [1.165, 1.54) is 6.42 Å². The van der Waals surface area contributed by atoms with Gasteiger partial charge in [0, 0.05) is 30.0 Å². The molecule has 2 rings (SSSR count). The lowest BCUT2D eigenvalue weighted by Gasteiger charge is -2.07. The number of ether oxygens (including phenoxy) is 1. The molecule has 1 aliphatic rings. The second-order valence-corrected chi connectivity index (χ2v) is 5.36. The molecule has 0 radical (unpaired) electrons. The molecule has 0 saturated carbocycles. The van der Waals surface area contributed by atoms with Crippen LogP contribution in [0.2, 0.25) is 0 Å². The second-order valence-electron chi connectivity index (χ2n) is 4.36. The molecular formula is C12H18N2O2S. The first-order valence-electron chi connectivity index (χ1n) is 5.91. The Morgan fingerprint density at radius 3 is 3.18 bits per heavy atom. The van der Waals surface area contributed by atoms with Crippen molar-refractivity contribution in [3.63, 3.8) is 0 Å². The third-order valence-corrected chi connectivity index (χ3v) is 3.93. The van der Waals surface area contributed by atoms with Crippen LogP contribution in [0.4, 0.5) is 0 Å². The molecule has 1 aromatic rings. The Kier molecular flexibility index (Phi) is 4.53. The van der Waals surface area contributed by atoms with Crippen LogP contribution in [0.15, 0.2) is 11.4 Å². The number of carbonyl (C=O) groups is 1. The van der Waals surface area contributed by atoms with E-state index in [0.29, 0.717) is 11.5 Å². The first-order valence-corrected chi connectivity index (χ1v) is 6.79. The highest BCUT2D eigenvalue weighted by atomic mass is 32.1. The summed E-state index contributed by atoms with van der Waals surface area (Å²) in [6.45, 7) is 3.63. The van der Waals surface area contributed by atoms with Gasteiger partial charge in [-0.3, -0.25) is 4.79 Å². The minimum Gasteiger partial charge on any atom is -0.381 e. The van der Waals surface area contributed by atoms with E-state index in [4.69, 9.17) is 10.5 Å². The van der Waals surface area contributed by atoms with Gasteiger partial charge in [0.15, 0.2) is 0 Å². The maximum atomic E-state index is 10.9. The van der Waals surface area contributed by atoms with Gasteiger partial charge in [0.1, 0.15) is 0 Å². The van der Waals surface area contributed by atoms with Crippen LogP contribution in [0.5, 0.6) is 0 Å². The summed E-state index contributed by atoms with van der Waals surface area (Å²) in [6, 6.07) is 1.86. The molecule has 1 saturated heterocycles. The molecule has 2 heterocycles. The van der Waals surface area contributed by atoms with Gasteiger partial charge >= 0.3 is 0 Å². The van der Waals surface area contributed by atoms with E-state index < -0.39 is 0 Å². The molecule has 0 spiro atoms. The van der Waals surface area contributed by atoms with Gasteiger partial charge in [0.05, 0.1) is 5.56 Å². The molecule has 1 atom stereocenters. The average molecular weight is 254 g/mol. The van der Waals surface area contributed by atoms with Crippen LogP contribution >= 0.6 is 11.3 Å². The fourth-order valence-electron chi connectivity index (χ4n) is 1.93. The zero-order chi connectivity index (χ0) is 12.1. The van der Waals surface area contributed by atoms with Gasteiger partial charge in [0.2, 0.25) is 5.91 Å². The third-order valence-electron chi connectivity index (χ3n) is 2.99. The monoisotopic (exact) mass is 254 g/mol. The Morgan fingerprint density at radius 2 is 2.53 bits per heavy atom. The van der Waals surface area contributed by atoms with E-state index in [0.717, 1.165) is 37.6 Å². The Hall–Kier alpha value is -0.910. The van der Waals surface area contributed by atoms with Crippen molar-refractivity contribution < 1.29 is 9.53 Å². The van der Waals surface area contributed by atoms with Crippen molar-refractivity contribution in [1.29, 1.82) is 0 Å². The lowest BCUT2D eigenvalue weighted by Crippen LogP contribution is -2.17. The molecule has 1 aliphatic heterocycles. The summed E-state index contributed by atoms with van der Waals surface area (Å²) in [5.41, 5.74) is 5.81. The van der Waals surface area contributed by atoms with E-state index in [2.05, 4.69) is 5.32 Å². The van der Waals surface area contributed by atoms with Gasteiger partial charge in [-0.25, -0.2) is 0 Å². The number of primary amides is 1. The number of carbonyl (C=O) groups excluding carboxylic acids is 1.